The summed E-state index contributed by atoms with van der Waals surface area (Å²) in [5, 5.41) is 2.99. The van der Waals surface area contributed by atoms with Gasteiger partial charge in [0.25, 0.3) is 11.8 Å². The van der Waals surface area contributed by atoms with E-state index in [-0.39, 0.29) is 11.8 Å². The highest BCUT2D eigenvalue weighted by atomic mass is 19.1. The van der Waals surface area contributed by atoms with Crippen LogP contribution in [-0.2, 0) is 17.8 Å². The second kappa shape index (κ2) is 4.83. The highest BCUT2D eigenvalue weighted by Crippen LogP contribution is 2.41. The molecule has 2 saturated carbocycles. The van der Waals surface area contributed by atoms with Crippen LogP contribution in [0.25, 0.3) is 0 Å². The number of rotatable bonds is 3. The van der Waals surface area contributed by atoms with Gasteiger partial charge < -0.3 is 14.8 Å². The maximum Gasteiger partial charge on any atom is 0.268 e. The fourth-order valence-electron chi connectivity index (χ4n) is 3.07. The van der Waals surface area contributed by atoms with Crippen LogP contribution in [-0.4, -0.2) is 46.1 Å². The molecule has 118 valence electrons. The molecule has 1 aromatic rings. The number of halogens is 1. The molecule has 4 rings (SSSR count). The zero-order valence-electron chi connectivity index (χ0n) is 12.5. The number of amides is 2. The van der Waals surface area contributed by atoms with Gasteiger partial charge in [0.15, 0.2) is 5.67 Å². The van der Waals surface area contributed by atoms with Gasteiger partial charge in [0, 0.05) is 37.8 Å². The maximum atomic E-state index is 14.0. The number of hydrogen-bond acceptors (Lipinski definition) is 2. The summed E-state index contributed by atoms with van der Waals surface area (Å²) in [7, 11) is 0. The zero-order valence-corrected chi connectivity index (χ0v) is 12.5. The van der Waals surface area contributed by atoms with E-state index in [4.69, 9.17) is 0 Å². The molecule has 2 amide bonds. The normalized spacial score (nSPS) is 22.7. The molecule has 6 heteroatoms. The van der Waals surface area contributed by atoms with Gasteiger partial charge in [0.1, 0.15) is 5.69 Å². The molecule has 2 aliphatic carbocycles. The molecule has 2 heterocycles. The third-order valence-corrected chi connectivity index (χ3v) is 4.81. The van der Waals surface area contributed by atoms with E-state index in [0.717, 1.165) is 18.5 Å². The van der Waals surface area contributed by atoms with Gasteiger partial charge in [0.2, 0.25) is 0 Å². The summed E-state index contributed by atoms with van der Waals surface area (Å²) in [5.74, 6) is -0.417. The van der Waals surface area contributed by atoms with Gasteiger partial charge >= 0.3 is 0 Å². The zero-order chi connectivity index (χ0) is 15.3. The van der Waals surface area contributed by atoms with E-state index in [9.17, 15) is 14.0 Å². The van der Waals surface area contributed by atoms with E-state index in [1.54, 1.807) is 4.90 Å². The van der Waals surface area contributed by atoms with Crippen LogP contribution in [0.3, 0.4) is 0 Å². The summed E-state index contributed by atoms with van der Waals surface area (Å²) in [6.07, 6.45) is 3.48. The smallest absolute Gasteiger partial charge is 0.268 e. The molecule has 0 radical (unpaired) electrons. The summed E-state index contributed by atoms with van der Waals surface area (Å²) in [5.41, 5.74) is 0.0862. The predicted octanol–water partition coefficient (Wildman–Crippen LogP) is 1.27. The summed E-state index contributed by atoms with van der Waals surface area (Å²) in [6, 6.07) is 4.11. The number of nitrogens with one attached hydrogen (secondary N) is 1. The monoisotopic (exact) mass is 305 g/mol. The molecule has 0 bridgehead atoms. The van der Waals surface area contributed by atoms with Crippen LogP contribution in [0.5, 0.6) is 0 Å². The maximum absolute atomic E-state index is 14.0. The Balaban J connectivity index is 1.48. The van der Waals surface area contributed by atoms with Crippen LogP contribution in [0.4, 0.5) is 4.39 Å². The van der Waals surface area contributed by atoms with Crippen molar-refractivity contribution in [1.29, 1.82) is 0 Å². The first-order chi connectivity index (χ1) is 10.6. The van der Waals surface area contributed by atoms with Crippen LogP contribution in [0, 0.1) is 0 Å². The lowest BCUT2D eigenvalue weighted by atomic mass is 10.2. The quantitative estimate of drug-likeness (QED) is 0.914. The van der Waals surface area contributed by atoms with E-state index in [0.29, 0.717) is 50.6 Å². The molecule has 1 aromatic heterocycles. The minimum Gasteiger partial charge on any atom is -0.348 e. The van der Waals surface area contributed by atoms with E-state index >= 15 is 0 Å². The number of aromatic nitrogens is 1. The van der Waals surface area contributed by atoms with Gasteiger partial charge in [-0.1, -0.05) is 0 Å². The van der Waals surface area contributed by atoms with E-state index in [1.165, 1.54) is 0 Å². The van der Waals surface area contributed by atoms with Crippen LogP contribution in [0.1, 0.15) is 41.9 Å². The Bertz CT molecular complexity index is 631. The molecule has 0 atom stereocenters. The summed E-state index contributed by atoms with van der Waals surface area (Å²) >= 11 is 0. The largest absolute Gasteiger partial charge is 0.348 e. The highest BCUT2D eigenvalue weighted by molar-refractivity contribution is 5.93. The van der Waals surface area contributed by atoms with Crippen molar-refractivity contribution >= 4 is 11.8 Å². The topological polar surface area (TPSA) is 54.3 Å². The van der Waals surface area contributed by atoms with Crippen molar-refractivity contribution in [2.45, 2.75) is 50.4 Å². The molecular weight excluding hydrogens is 285 g/mol. The van der Waals surface area contributed by atoms with Crippen molar-refractivity contribution in [3.05, 3.63) is 23.5 Å². The number of nitrogens with zero attached hydrogens (tertiary/aromatic N) is 2. The summed E-state index contributed by atoms with van der Waals surface area (Å²) in [4.78, 5) is 26.0. The van der Waals surface area contributed by atoms with Gasteiger partial charge in [-0.3, -0.25) is 9.59 Å². The van der Waals surface area contributed by atoms with E-state index in [1.807, 2.05) is 16.7 Å². The highest BCUT2D eigenvalue weighted by Gasteiger charge is 2.52. The van der Waals surface area contributed by atoms with Crippen LogP contribution in [0.2, 0.25) is 0 Å². The Hall–Kier alpha value is -1.85. The molecule has 0 aromatic carbocycles. The molecule has 2 fully saturated rings. The lowest BCUT2D eigenvalue weighted by Crippen LogP contribution is -2.40. The first kappa shape index (κ1) is 13.8. The van der Waals surface area contributed by atoms with Crippen molar-refractivity contribution in [3.8, 4) is 0 Å². The predicted molar refractivity (Wildman–Crippen MR) is 78.3 cm³/mol. The number of carbonyl (C=O) groups excluding carboxylic acids is 2. The second-order valence-corrected chi connectivity index (χ2v) is 6.62. The van der Waals surface area contributed by atoms with Crippen LogP contribution in [0.15, 0.2) is 12.1 Å². The molecule has 3 aliphatic rings. The van der Waals surface area contributed by atoms with Crippen molar-refractivity contribution in [2.24, 2.45) is 0 Å². The summed E-state index contributed by atoms with van der Waals surface area (Å²) in [6.45, 7) is 1.55. The summed E-state index contributed by atoms with van der Waals surface area (Å²) < 4.78 is 15.9. The molecule has 1 N–H and O–H groups in total. The van der Waals surface area contributed by atoms with Gasteiger partial charge in [-0.05, 0) is 37.8 Å². The molecule has 0 spiro atoms. The number of carbonyl (C=O) groups is 2. The van der Waals surface area contributed by atoms with Crippen molar-refractivity contribution in [3.63, 3.8) is 0 Å². The van der Waals surface area contributed by atoms with Gasteiger partial charge in [-0.15, -0.1) is 0 Å². The average Bonchev–Trinajstić information content (AvgIpc) is 3.41. The van der Waals surface area contributed by atoms with Crippen LogP contribution >= 0.6 is 0 Å². The number of hydrogen-bond donors (Lipinski definition) is 1. The number of fused-ring (bicyclic) bond motifs is 1. The lowest BCUT2D eigenvalue weighted by Gasteiger charge is -2.22. The molecular formula is C16H20FN3O2. The first-order valence-electron chi connectivity index (χ1n) is 8.04. The fraction of sp³-hybridized carbons (Fsp3) is 0.625. The third kappa shape index (κ3) is 2.40. The van der Waals surface area contributed by atoms with E-state index < -0.39 is 5.67 Å². The van der Waals surface area contributed by atoms with Crippen molar-refractivity contribution in [2.75, 3.05) is 13.1 Å². The number of alkyl halides is 1. The molecule has 1 aliphatic heterocycles. The minimum absolute atomic E-state index is 0.0438. The molecule has 0 saturated heterocycles. The Morgan fingerprint density at radius 3 is 2.64 bits per heavy atom. The minimum atomic E-state index is -1.61. The van der Waals surface area contributed by atoms with Gasteiger partial charge in [-0.2, -0.15) is 0 Å². The molecule has 22 heavy (non-hydrogen) atoms. The molecule has 0 unspecified atom stereocenters. The Morgan fingerprint density at radius 1 is 1.18 bits per heavy atom. The van der Waals surface area contributed by atoms with Gasteiger partial charge in [0.05, 0.1) is 0 Å². The lowest BCUT2D eigenvalue weighted by molar-refractivity contribution is -0.138. The standard InChI is InChI=1S/C16H20FN3O2/c17-16(6-7-16)15(22)19-8-5-12-3-4-13(20(12)10-9-19)14(21)18-11-1-2-11/h3-4,11H,1-2,5-10H2,(H,18,21). The van der Waals surface area contributed by atoms with Crippen LogP contribution < -0.4 is 5.32 Å². The SMILES string of the molecule is O=C(NC1CC1)c1ccc2n1CCN(C(=O)C1(F)CC1)CC2. The first-order valence-corrected chi connectivity index (χ1v) is 8.04. The van der Waals surface area contributed by atoms with Gasteiger partial charge in [-0.25, -0.2) is 4.39 Å². The van der Waals surface area contributed by atoms with Crippen molar-refractivity contribution < 1.29 is 14.0 Å². The average molecular weight is 305 g/mol. The Kier molecular flexibility index (Phi) is 3.03. The van der Waals surface area contributed by atoms with Crippen molar-refractivity contribution in [1.82, 2.24) is 14.8 Å². The third-order valence-electron chi connectivity index (χ3n) is 4.81. The fourth-order valence-corrected chi connectivity index (χ4v) is 3.07. The Morgan fingerprint density at radius 2 is 1.95 bits per heavy atom. The Labute approximate surface area is 128 Å². The second-order valence-electron chi connectivity index (χ2n) is 6.62. The molecule has 5 nitrogen and oxygen atoms in total. The van der Waals surface area contributed by atoms with E-state index in [2.05, 4.69) is 5.32 Å².